The lowest BCUT2D eigenvalue weighted by Crippen LogP contribution is -2.33. The fourth-order valence-electron chi connectivity index (χ4n) is 2.89. The fraction of sp³-hybridized carbons (Fsp3) is 0.333. The number of anilines is 1. The maximum absolute atomic E-state index is 15.0. The summed E-state index contributed by atoms with van der Waals surface area (Å²) in [6.07, 6.45) is -0.125. The Morgan fingerprint density at radius 2 is 1.79 bits per heavy atom. The second-order valence-corrected chi connectivity index (χ2v) is 7.49. The summed E-state index contributed by atoms with van der Waals surface area (Å²) in [6, 6.07) is -0.281. The first kappa shape index (κ1) is 25.5. The average molecular weight is 503 g/mol. The number of aromatic nitrogens is 4. The summed E-state index contributed by atoms with van der Waals surface area (Å²) >= 11 is 6.23. The molecule has 0 radical (unpaired) electrons. The van der Waals surface area contributed by atoms with E-state index in [4.69, 9.17) is 16.3 Å². The van der Waals surface area contributed by atoms with Crippen molar-refractivity contribution >= 4 is 17.4 Å². The first-order valence-electron chi connectivity index (χ1n) is 10.1. The third kappa shape index (κ3) is 6.06. The van der Waals surface area contributed by atoms with Crippen LogP contribution in [0.2, 0.25) is 5.15 Å². The normalized spacial score (nSPS) is 12.5. The van der Waals surface area contributed by atoms with Crippen LogP contribution in [0, 0.1) is 11.6 Å². The lowest BCUT2D eigenvalue weighted by atomic mass is 10.1. The Hall–Kier alpha value is -3.12. The molecule has 1 aromatic carbocycles. The van der Waals surface area contributed by atoms with Gasteiger partial charge in [0.1, 0.15) is 40.1 Å². The molecule has 1 unspecified atom stereocenters. The number of alkyl halides is 3. The van der Waals surface area contributed by atoms with Crippen molar-refractivity contribution in [2.75, 3.05) is 25.5 Å². The van der Waals surface area contributed by atoms with Gasteiger partial charge in [-0.3, -0.25) is 4.98 Å². The summed E-state index contributed by atoms with van der Waals surface area (Å²) in [5.41, 5.74) is -1.07. The summed E-state index contributed by atoms with van der Waals surface area (Å²) in [4.78, 5) is 15.8. The van der Waals surface area contributed by atoms with E-state index >= 15 is 8.78 Å². The zero-order valence-electron chi connectivity index (χ0n) is 18.1. The fourth-order valence-corrected chi connectivity index (χ4v) is 3.15. The molecule has 0 fully saturated rings. The zero-order chi connectivity index (χ0) is 24.9. The van der Waals surface area contributed by atoms with Gasteiger partial charge in [-0.05, 0) is 26.9 Å². The molecule has 0 saturated carbocycles. The van der Waals surface area contributed by atoms with Gasteiger partial charge in [0.2, 0.25) is 0 Å². The molecule has 3 aromatic rings. The third-order valence-corrected chi connectivity index (χ3v) is 4.88. The summed E-state index contributed by atoms with van der Waals surface area (Å²) < 4.78 is 75.1. The van der Waals surface area contributed by atoms with Gasteiger partial charge in [0.05, 0.1) is 23.9 Å². The van der Waals surface area contributed by atoms with Crippen molar-refractivity contribution in [3.05, 3.63) is 47.5 Å². The Balaban J connectivity index is 2.09. The van der Waals surface area contributed by atoms with Crippen molar-refractivity contribution in [1.29, 1.82) is 0 Å². The van der Waals surface area contributed by atoms with Crippen molar-refractivity contribution in [2.24, 2.45) is 0 Å². The van der Waals surface area contributed by atoms with Gasteiger partial charge in [-0.15, -0.1) is 0 Å². The molecule has 2 aromatic heterocycles. The molecule has 182 valence electrons. The zero-order valence-corrected chi connectivity index (χ0v) is 18.8. The van der Waals surface area contributed by atoms with E-state index < -0.39 is 46.0 Å². The highest BCUT2D eigenvalue weighted by atomic mass is 35.5. The monoisotopic (exact) mass is 502 g/mol. The van der Waals surface area contributed by atoms with Gasteiger partial charge >= 0.3 is 6.18 Å². The lowest BCUT2D eigenvalue weighted by Gasteiger charge is -2.21. The van der Waals surface area contributed by atoms with E-state index in [1.165, 1.54) is 18.6 Å². The van der Waals surface area contributed by atoms with Gasteiger partial charge in [0, 0.05) is 24.5 Å². The molecule has 13 heteroatoms. The molecule has 0 bridgehead atoms. The van der Waals surface area contributed by atoms with Crippen molar-refractivity contribution < 1.29 is 26.7 Å². The second-order valence-electron chi connectivity index (χ2n) is 7.13. The smallest absolute Gasteiger partial charge is 0.408 e. The molecule has 2 heterocycles. The van der Waals surface area contributed by atoms with E-state index in [-0.39, 0.29) is 23.9 Å². The maximum atomic E-state index is 15.0. The number of nitrogens with one attached hydrogen (secondary N) is 2. The van der Waals surface area contributed by atoms with Crippen LogP contribution in [0.3, 0.4) is 0 Å². The minimum atomic E-state index is -4.68. The number of rotatable bonds is 9. The van der Waals surface area contributed by atoms with Crippen molar-refractivity contribution in [2.45, 2.75) is 25.6 Å². The lowest BCUT2D eigenvalue weighted by molar-refractivity contribution is -0.138. The first-order chi connectivity index (χ1) is 16.1. The molecule has 1 atom stereocenters. The third-order valence-electron chi connectivity index (χ3n) is 4.61. The first-order valence-corrected chi connectivity index (χ1v) is 10.4. The summed E-state index contributed by atoms with van der Waals surface area (Å²) in [7, 11) is 1.75. The van der Waals surface area contributed by atoms with Crippen LogP contribution in [0.15, 0.2) is 30.7 Å². The molecule has 0 saturated heterocycles. The molecule has 0 aliphatic rings. The van der Waals surface area contributed by atoms with Crippen molar-refractivity contribution in [3.63, 3.8) is 0 Å². The van der Waals surface area contributed by atoms with Gasteiger partial charge in [-0.25, -0.2) is 23.7 Å². The summed E-state index contributed by atoms with van der Waals surface area (Å²) in [5, 5.41) is 4.57. The van der Waals surface area contributed by atoms with Crippen LogP contribution >= 0.6 is 11.6 Å². The predicted molar refractivity (Wildman–Crippen MR) is 117 cm³/mol. The highest BCUT2D eigenvalue weighted by molar-refractivity contribution is 6.32. The minimum Gasteiger partial charge on any atom is -0.493 e. The molecular weight excluding hydrogens is 483 g/mol. The highest BCUT2D eigenvalue weighted by Gasteiger charge is 2.37. The Bertz CT molecular complexity index is 1110. The minimum absolute atomic E-state index is 0.0822. The Morgan fingerprint density at radius 1 is 1.09 bits per heavy atom. The van der Waals surface area contributed by atoms with Gasteiger partial charge in [0.15, 0.2) is 5.82 Å². The molecule has 34 heavy (non-hydrogen) atoms. The molecule has 3 rings (SSSR count). The number of ether oxygens (including phenoxy) is 1. The van der Waals surface area contributed by atoms with Crippen molar-refractivity contribution in [3.8, 4) is 28.4 Å². The van der Waals surface area contributed by atoms with E-state index in [1.54, 1.807) is 7.05 Å². The largest absolute Gasteiger partial charge is 0.493 e. The van der Waals surface area contributed by atoms with Crippen molar-refractivity contribution in [1.82, 2.24) is 25.3 Å². The highest BCUT2D eigenvalue weighted by Crippen LogP contribution is 2.39. The molecule has 2 N–H and O–H groups in total. The van der Waals surface area contributed by atoms with Crippen LogP contribution in [-0.2, 0) is 0 Å². The quantitative estimate of drug-likeness (QED) is 0.245. The van der Waals surface area contributed by atoms with Gasteiger partial charge < -0.3 is 15.4 Å². The van der Waals surface area contributed by atoms with Crippen LogP contribution in [0.25, 0.3) is 22.6 Å². The van der Waals surface area contributed by atoms with E-state index in [1.807, 2.05) is 0 Å². The Labute approximate surface area is 196 Å². The van der Waals surface area contributed by atoms with Crippen LogP contribution in [-0.4, -0.2) is 52.4 Å². The van der Waals surface area contributed by atoms with Crippen LogP contribution in [0.5, 0.6) is 5.75 Å². The molecule has 7 nitrogen and oxygen atoms in total. The van der Waals surface area contributed by atoms with Crippen LogP contribution < -0.4 is 15.4 Å². The van der Waals surface area contributed by atoms with E-state index in [0.29, 0.717) is 13.0 Å². The second kappa shape index (κ2) is 10.9. The SMILES string of the molecule is CNCCCOc1cc(F)c(-c2c(Cl)nc(-c3cnccn3)nc2NC(C)C(F)(F)F)c(F)c1. The maximum Gasteiger partial charge on any atom is 0.408 e. The molecule has 0 aliphatic carbocycles. The predicted octanol–water partition coefficient (Wildman–Crippen LogP) is 4.88. The Morgan fingerprint density at radius 3 is 2.38 bits per heavy atom. The number of hydrogen-bond acceptors (Lipinski definition) is 7. The standard InChI is InChI=1S/C21H20ClF5N6O/c1-11(21(25,26)27)31-20-17(18(22)32-19(33-20)15-10-29-5-6-30-15)16-13(23)8-12(9-14(16)24)34-7-3-4-28-2/h5-6,8-11,28H,3-4,7H2,1-2H3,(H,31,32,33). The Kier molecular flexibility index (Phi) is 8.15. The molecule has 0 amide bonds. The summed E-state index contributed by atoms with van der Waals surface area (Å²) in [6.45, 7) is 1.67. The topological polar surface area (TPSA) is 84.8 Å². The van der Waals surface area contributed by atoms with Gasteiger partial charge in [-0.1, -0.05) is 11.6 Å². The molecule has 0 aliphatic heterocycles. The average Bonchev–Trinajstić information content (AvgIpc) is 2.77. The van der Waals surface area contributed by atoms with Crippen LogP contribution in [0.1, 0.15) is 13.3 Å². The number of hydrogen-bond donors (Lipinski definition) is 2. The van der Waals surface area contributed by atoms with E-state index in [9.17, 15) is 13.2 Å². The summed E-state index contributed by atoms with van der Waals surface area (Å²) in [5.74, 6) is -3.00. The van der Waals surface area contributed by atoms with Crippen LogP contribution in [0.4, 0.5) is 27.8 Å². The number of nitrogens with zero attached hydrogens (tertiary/aromatic N) is 4. The van der Waals surface area contributed by atoms with E-state index in [0.717, 1.165) is 19.1 Å². The van der Waals surface area contributed by atoms with Gasteiger partial charge in [0.25, 0.3) is 0 Å². The molecular formula is C21H20ClF5N6O. The van der Waals surface area contributed by atoms with Gasteiger partial charge in [-0.2, -0.15) is 13.2 Å². The van der Waals surface area contributed by atoms with E-state index in [2.05, 4.69) is 30.6 Å². The number of benzene rings is 1. The molecule has 0 spiro atoms. The number of halogens is 6.